The van der Waals surface area contributed by atoms with E-state index >= 15 is 0 Å². The van der Waals surface area contributed by atoms with Crippen molar-refractivity contribution in [1.29, 1.82) is 0 Å². The van der Waals surface area contributed by atoms with Crippen molar-refractivity contribution < 1.29 is 9.26 Å². The standard InChI is InChI=1S/C26H32N4O2/c1-2-7-25-24(6-1)26(28-32-25)30-13-12-29-16-20(8-11-22(29)17-30)18-31-23-5-3-4-19(14-23)15-27-21-9-10-21/h1-7,14,20-22,27H,8-13,15-18H2/t20-,22-/m1/s1. The molecule has 6 nitrogen and oxygen atoms in total. The highest BCUT2D eigenvalue weighted by Gasteiger charge is 2.34. The number of aromatic nitrogens is 1. The number of benzene rings is 2. The maximum Gasteiger partial charge on any atom is 0.180 e. The van der Waals surface area contributed by atoms with Gasteiger partial charge in [0.25, 0.3) is 0 Å². The lowest BCUT2D eigenvalue weighted by atomic mass is 9.91. The van der Waals surface area contributed by atoms with Crippen LogP contribution in [0.25, 0.3) is 11.0 Å². The van der Waals surface area contributed by atoms with E-state index in [1.807, 2.05) is 12.1 Å². The Morgan fingerprint density at radius 2 is 1.94 bits per heavy atom. The number of rotatable bonds is 7. The molecule has 0 spiro atoms. The maximum absolute atomic E-state index is 6.23. The zero-order valence-electron chi connectivity index (χ0n) is 18.6. The van der Waals surface area contributed by atoms with E-state index in [4.69, 9.17) is 9.26 Å². The molecule has 1 aromatic heterocycles. The Morgan fingerprint density at radius 3 is 2.88 bits per heavy atom. The van der Waals surface area contributed by atoms with E-state index in [1.165, 1.54) is 31.2 Å². The zero-order valence-corrected chi connectivity index (χ0v) is 18.6. The third kappa shape index (κ3) is 4.34. The molecule has 2 atom stereocenters. The first-order valence-electron chi connectivity index (χ1n) is 12.1. The molecule has 1 saturated carbocycles. The lowest BCUT2D eigenvalue weighted by molar-refractivity contribution is 0.0726. The van der Waals surface area contributed by atoms with Crippen molar-refractivity contribution in [1.82, 2.24) is 15.4 Å². The highest BCUT2D eigenvalue weighted by atomic mass is 16.5. The number of para-hydroxylation sites is 1. The fourth-order valence-electron chi connectivity index (χ4n) is 5.20. The van der Waals surface area contributed by atoms with Gasteiger partial charge in [0.05, 0.1) is 12.0 Å². The smallest absolute Gasteiger partial charge is 0.180 e. The van der Waals surface area contributed by atoms with Crippen LogP contribution in [0.3, 0.4) is 0 Å². The zero-order chi connectivity index (χ0) is 21.3. The average Bonchev–Trinajstić information content (AvgIpc) is 3.58. The van der Waals surface area contributed by atoms with Gasteiger partial charge in [0.2, 0.25) is 0 Å². The summed E-state index contributed by atoms with van der Waals surface area (Å²) in [5, 5.41) is 9.08. The molecule has 0 bridgehead atoms. The highest BCUT2D eigenvalue weighted by molar-refractivity contribution is 5.88. The van der Waals surface area contributed by atoms with Gasteiger partial charge in [0.15, 0.2) is 11.4 Å². The number of piperazine rings is 1. The molecule has 2 aromatic carbocycles. The monoisotopic (exact) mass is 432 g/mol. The van der Waals surface area contributed by atoms with E-state index in [-0.39, 0.29) is 0 Å². The quantitative estimate of drug-likeness (QED) is 0.608. The minimum Gasteiger partial charge on any atom is -0.493 e. The van der Waals surface area contributed by atoms with Crippen LogP contribution in [0.1, 0.15) is 31.2 Å². The summed E-state index contributed by atoms with van der Waals surface area (Å²) in [7, 11) is 0. The summed E-state index contributed by atoms with van der Waals surface area (Å²) >= 11 is 0. The molecule has 1 aliphatic carbocycles. The van der Waals surface area contributed by atoms with Crippen LogP contribution >= 0.6 is 0 Å². The van der Waals surface area contributed by atoms with Gasteiger partial charge < -0.3 is 19.5 Å². The molecule has 2 aliphatic heterocycles. The first-order chi connectivity index (χ1) is 15.8. The van der Waals surface area contributed by atoms with Crippen LogP contribution in [0.2, 0.25) is 0 Å². The van der Waals surface area contributed by atoms with Crippen molar-refractivity contribution in [2.24, 2.45) is 5.92 Å². The van der Waals surface area contributed by atoms with Gasteiger partial charge in [-0.15, -0.1) is 0 Å². The van der Waals surface area contributed by atoms with Crippen molar-refractivity contribution in [3.05, 3.63) is 54.1 Å². The first kappa shape index (κ1) is 20.1. The summed E-state index contributed by atoms with van der Waals surface area (Å²) in [5.41, 5.74) is 2.19. The Kier molecular flexibility index (Phi) is 5.49. The number of hydrogen-bond donors (Lipinski definition) is 1. The van der Waals surface area contributed by atoms with Crippen molar-refractivity contribution >= 4 is 16.8 Å². The SMILES string of the molecule is c1cc(CNC2CC2)cc(OC[C@@H]2CC[C@@H]3CN(c4noc5ccccc45)CCN3C2)c1. The molecule has 0 amide bonds. The van der Waals surface area contributed by atoms with Crippen LogP contribution in [-0.2, 0) is 6.54 Å². The third-order valence-electron chi connectivity index (χ3n) is 7.22. The van der Waals surface area contributed by atoms with Gasteiger partial charge in [-0.2, -0.15) is 0 Å². The summed E-state index contributed by atoms with van der Waals surface area (Å²) in [4.78, 5) is 5.07. The molecule has 6 rings (SSSR count). The largest absolute Gasteiger partial charge is 0.493 e. The van der Waals surface area contributed by atoms with Crippen LogP contribution < -0.4 is 15.0 Å². The molecule has 3 aliphatic rings. The van der Waals surface area contributed by atoms with E-state index in [1.54, 1.807) is 0 Å². The fourth-order valence-corrected chi connectivity index (χ4v) is 5.20. The van der Waals surface area contributed by atoms with Gasteiger partial charge in [-0.1, -0.05) is 29.4 Å². The van der Waals surface area contributed by atoms with E-state index in [0.717, 1.165) is 67.9 Å². The molecular weight excluding hydrogens is 400 g/mol. The summed E-state index contributed by atoms with van der Waals surface area (Å²) in [6.07, 6.45) is 5.08. The minimum atomic E-state index is 0.590. The van der Waals surface area contributed by atoms with Gasteiger partial charge in [-0.3, -0.25) is 4.90 Å². The van der Waals surface area contributed by atoms with Crippen molar-refractivity contribution in [3.63, 3.8) is 0 Å². The van der Waals surface area contributed by atoms with Crippen molar-refractivity contribution in [2.45, 2.75) is 44.3 Å². The fraction of sp³-hybridized carbons (Fsp3) is 0.500. The number of nitrogens with one attached hydrogen (secondary N) is 1. The van der Waals surface area contributed by atoms with Crippen LogP contribution in [0.4, 0.5) is 5.82 Å². The normalized spacial score (nSPS) is 23.9. The molecule has 32 heavy (non-hydrogen) atoms. The summed E-state index contributed by atoms with van der Waals surface area (Å²) in [5.74, 6) is 2.60. The van der Waals surface area contributed by atoms with Crippen LogP contribution in [0.5, 0.6) is 5.75 Å². The second kappa shape index (κ2) is 8.75. The van der Waals surface area contributed by atoms with Gasteiger partial charge in [0, 0.05) is 50.7 Å². The molecule has 1 N–H and O–H groups in total. The molecule has 168 valence electrons. The van der Waals surface area contributed by atoms with E-state index in [9.17, 15) is 0 Å². The number of fused-ring (bicyclic) bond motifs is 2. The van der Waals surface area contributed by atoms with Crippen LogP contribution in [0, 0.1) is 5.92 Å². The van der Waals surface area contributed by atoms with Gasteiger partial charge >= 0.3 is 0 Å². The minimum absolute atomic E-state index is 0.590. The predicted octanol–water partition coefficient (Wildman–Crippen LogP) is 4.06. The molecule has 0 unspecified atom stereocenters. The number of hydrogen-bond acceptors (Lipinski definition) is 6. The molecule has 6 heteroatoms. The molecule has 3 aromatic rings. The second-order valence-electron chi connectivity index (χ2n) is 9.65. The van der Waals surface area contributed by atoms with E-state index in [2.05, 4.69) is 56.7 Å². The molecule has 3 heterocycles. The topological polar surface area (TPSA) is 53.8 Å². The molecular formula is C26H32N4O2. The third-order valence-corrected chi connectivity index (χ3v) is 7.22. The summed E-state index contributed by atoms with van der Waals surface area (Å²) in [6, 6.07) is 18.1. The molecule has 2 saturated heterocycles. The lowest BCUT2D eigenvalue weighted by Gasteiger charge is -2.46. The van der Waals surface area contributed by atoms with Gasteiger partial charge in [-0.25, -0.2) is 0 Å². The van der Waals surface area contributed by atoms with Crippen LogP contribution in [-0.4, -0.2) is 54.9 Å². The van der Waals surface area contributed by atoms with Crippen molar-refractivity contribution in [2.75, 3.05) is 37.7 Å². The maximum atomic E-state index is 6.23. The Hall–Kier alpha value is -2.57. The Labute approximate surface area is 189 Å². The first-order valence-corrected chi connectivity index (χ1v) is 12.1. The Morgan fingerprint density at radius 1 is 1.00 bits per heavy atom. The molecule has 0 radical (unpaired) electrons. The predicted molar refractivity (Wildman–Crippen MR) is 126 cm³/mol. The van der Waals surface area contributed by atoms with Crippen molar-refractivity contribution in [3.8, 4) is 5.75 Å². The summed E-state index contributed by atoms with van der Waals surface area (Å²) < 4.78 is 11.8. The highest BCUT2D eigenvalue weighted by Crippen LogP contribution is 2.31. The lowest BCUT2D eigenvalue weighted by Crippen LogP contribution is -2.57. The van der Waals surface area contributed by atoms with Gasteiger partial charge in [0.1, 0.15) is 5.75 Å². The van der Waals surface area contributed by atoms with E-state index in [0.29, 0.717) is 12.0 Å². The number of anilines is 1. The second-order valence-corrected chi connectivity index (χ2v) is 9.65. The number of piperidine rings is 1. The Balaban J connectivity index is 1.02. The van der Waals surface area contributed by atoms with Crippen LogP contribution in [0.15, 0.2) is 53.1 Å². The molecule has 3 fully saturated rings. The number of nitrogens with zero attached hydrogens (tertiary/aromatic N) is 3. The number of ether oxygens (including phenoxy) is 1. The Bertz CT molecular complexity index is 1060. The van der Waals surface area contributed by atoms with Gasteiger partial charge in [-0.05, 0) is 55.5 Å². The average molecular weight is 433 g/mol. The van der Waals surface area contributed by atoms with E-state index < -0.39 is 0 Å². The summed E-state index contributed by atoms with van der Waals surface area (Å²) in [6.45, 7) is 5.97.